The van der Waals surface area contributed by atoms with Gasteiger partial charge in [-0.05, 0) is 45.6 Å². The summed E-state index contributed by atoms with van der Waals surface area (Å²) in [6, 6.07) is 5.32. The maximum absolute atomic E-state index is 11.8. The molecule has 1 atom stereocenters. The van der Waals surface area contributed by atoms with E-state index in [0.29, 0.717) is 5.69 Å². The third-order valence-electron chi connectivity index (χ3n) is 2.67. The average molecular weight is 221 g/mol. The number of benzene rings is 1. The van der Waals surface area contributed by atoms with Gasteiger partial charge in [0, 0.05) is 11.4 Å². The van der Waals surface area contributed by atoms with Gasteiger partial charge in [-0.25, -0.2) is 0 Å². The molecule has 4 nitrogen and oxygen atoms in total. The minimum atomic E-state index is -0.166. The lowest BCUT2D eigenvalue weighted by atomic mass is 10.1. The number of nitrogens with one attached hydrogen (secondary N) is 1. The maximum Gasteiger partial charge on any atom is 0.241 e. The van der Waals surface area contributed by atoms with Crippen molar-refractivity contribution in [2.75, 3.05) is 25.1 Å². The van der Waals surface area contributed by atoms with Crippen LogP contribution in [0.2, 0.25) is 0 Å². The number of hydrogen-bond acceptors (Lipinski definition) is 3. The first-order chi connectivity index (χ1) is 7.41. The lowest BCUT2D eigenvalue weighted by Crippen LogP contribution is -2.37. The molecule has 0 heterocycles. The Kier molecular flexibility index (Phi) is 3.90. The van der Waals surface area contributed by atoms with Crippen LogP contribution in [0.25, 0.3) is 0 Å². The fraction of sp³-hybridized carbons (Fsp3) is 0.417. The van der Waals surface area contributed by atoms with Crippen molar-refractivity contribution in [1.29, 1.82) is 0 Å². The molecule has 0 spiro atoms. The molecule has 0 aliphatic heterocycles. The van der Waals surface area contributed by atoms with Crippen LogP contribution in [0.1, 0.15) is 12.5 Å². The zero-order chi connectivity index (χ0) is 12.3. The van der Waals surface area contributed by atoms with Gasteiger partial charge in [0.2, 0.25) is 5.91 Å². The predicted octanol–water partition coefficient (Wildman–Crippen LogP) is 1.47. The molecular weight excluding hydrogens is 202 g/mol. The van der Waals surface area contributed by atoms with Crippen LogP contribution in [0.4, 0.5) is 11.4 Å². The van der Waals surface area contributed by atoms with Gasteiger partial charge in [-0.2, -0.15) is 0 Å². The van der Waals surface area contributed by atoms with Gasteiger partial charge < -0.3 is 11.1 Å². The molecule has 0 aliphatic carbocycles. The number of carbonyl (C=O) groups is 1. The Morgan fingerprint density at radius 1 is 1.44 bits per heavy atom. The molecule has 1 amide bonds. The number of carbonyl (C=O) groups excluding carboxylic acids is 1. The molecule has 0 aliphatic rings. The molecule has 0 aromatic heterocycles. The summed E-state index contributed by atoms with van der Waals surface area (Å²) in [5.74, 6) is -0.0290. The Bertz CT molecular complexity index is 388. The zero-order valence-corrected chi connectivity index (χ0v) is 10.2. The van der Waals surface area contributed by atoms with Crippen molar-refractivity contribution in [2.45, 2.75) is 19.9 Å². The molecule has 1 rings (SSSR count). The number of aryl methyl sites for hydroxylation is 1. The van der Waals surface area contributed by atoms with Crippen molar-refractivity contribution in [2.24, 2.45) is 0 Å². The minimum Gasteiger partial charge on any atom is -0.399 e. The van der Waals surface area contributed by atoms with E-state index in [1.807, 2.05) is 45.0 Å². The van der Waals surface area contributed by atoms with E-state index in [4.69, 9.17) is 5.73 Å². The summed E-state index contributed by atoms with van der Waals surface area (Å²) in [7, 11) is 3.74. The number of nitrogen functional groups attached to an aromatic ring is 1. The second-order valence-electron chi connectivity index (χ2n) is 4.20. The summed E-state index contributed by atoms with van der Waals surface area (Å²) in [5, 5.41) is 2.87. The summed E-state index contributed by atoms with van der Waals surface area (Å²) < 4.78 is 0. The van der Waals surface area contributed by atoms with Crippen molar-refractivity contribution in [3.8, 4) is 0 Å². The minimum absolute atomic E-state index is 0.0290. The standard InChI is InChI=1S/C12H19N3O/c1-8-5-6-10(13)7-11(8)14-12(16)9(2)15(3)4/h5-7,9H,13H2,1-4H3,(H,14,16). The highest BCUT2D eigenvalue weighted by atomic mass is 16.2. The van der Waals surface area contributed by atoms with Crippen LogP contribution in [0.5, 0.6) is 0 Å². The number of nitrogens with two attached hydrogens (primary N) is 1. The van der Waals surface area contributed by atoms with Gasteiger partial charge in [0.15, 0.2) is 0 Å². The second kappa shape index (κ2) is 4.99. The fourth-order valence-corrected chi connectivity index (χ4v) is 1.25. The lowest BCUT2D eigenvalue weighted by molar-refractivity contribution is -0.119. The molecule has 0 saturated carbocycles. The maximum atomic E-state index is 11.8. The van der Waals surface area contributed by atoms with Gasteiger partial charge in [0.05, 0.1) is 6.04 Å². The monoisotopic (exact) mass is 221 g/mol. The van der Waals surface area contributed by atoms with Crippen molar-refractivity contribution < 1.29 is 4.79 Å². The normalized spacial score (nSPS) is 12.6. The Morgan fingerprint density at radius 3 is 2.62 bits per heavy atom. The summed E-state index contributed by atoms with van der Waals surface area (Å²) in [6.45, 7) is 3.80. The van der Waals surface area contributed by atoms with Crippen LogP contribution in [0, 0.1) is 6.92 Å². The molecule has 0 bridgehead atoms. The quantitative estimate of drug-likeness (QED) is 0.760. The Morgan fingerprint density at radius 2 is 2.06 bits per heavy atom. The molecule has 1 aromatic carbocycles. The van der Waals surface area contributed by atoms with Crippen molar-refractivity contribution in [1.82, 2.24) is 4.90 Å². The van der Waals surface area contributed by atoms with E-state index in [-0.39, 0.29) is 11.9 Å². The molecular formula is C12H19N3O. The Balaban J connectivity index is 2.80. The van der Waals surface area contributed by atoms with E-state index in [1.165, 1.54) is 0 Å². The molecule has 0 fully saturated rings. The summed E-state index contributed by atoms with van der Waals surface area (Å²) >= 11 is 0. The molecule has 0 radical (unpaired) electrons. The van der Waals surface area contributed by atoms with E-state index in [9.17, 15) is 4.79 Å². The number of rotatable bonds is 3. The van der Waals surface area contributed by atoms with Crippen LogP contribution >= 0.6 is 0 Å². The first-order valence-corrected chi connectivity index (χ1v) is 5.25. The highest BCUT2D eigenvalue weighted by Crippen LogP contribution is 2.18. The number of nitrogens with zero attached hydrogens (tertiary/aromatic N) is 1. The molecule has 0 saturated heterocycles. The summed E-state index contributed by atoms with van der Waals surface area (Å²) in [6.07, 6.45) is 0. The molecule has 1 unspecified atom stereocenters. The molecule has 16 heavy (non-hydrogen) atoms. The van der Waals surface area contributed by atoms with E-state index >= 15 is 0 Å². The topological polar surface area (TPSA) is 58.4 Å². The Hall–Kier alpha value is -1.55. The largest absolute Gasteiger partial charge is 0.399 e. The molecule has 4 heteroatoms. The van der Waals surface area contributed by atoms with E-state index in [2.05, 4.69) is 5.32 Å². The third kappa shape index (κ3) is 2.97. The molecule has 1 aromatic rings. The number of likely N-dealkylation sites (N-methyl/N-ethyl adjacent to an activating group) is 1. The average Bonchev–Trinajstić information content (AvgIpc) is 2.22. The van der Waals surface area contributed by atoms with Crippen LogP contribution in [-0.2, 0) is 4.79 Å². The van der Waals surface area contributed by atoms with Gasteiger partial charge in [0.25, 0.3) is 0 Å². The smallest absolute Gasteiger partial charge is 0.241 e. The molecule has 3 N–H and O–H groups in total. The number of anilines is 2. The van der Waals surface area contributed by atoms with Crippen molar-refractivity contribution in [3.63, 3.8) is 0 Å². The van der Waals surface area contributed by atoms with Gasteiger partial charge in [0.1, 0.15) is 0 Å². The van der Waals surface area contributed by atoms with Crippen molar-refractivity contribution in [3.05, 3.63) is 23.8 Å². The van der Waals surface area contributed by atoms with Crippen LogP contribution in [0.15, 0.2) is 18.2 Å². The zero-order valence-electron chi connectivity index (χ0n) is 10.2. The number of amides is 1. The van der Waals surface area contributed by atoms with Gasteiger partial charge >= 0.3 is 0 Å². The van der Waals surface area contributed by atoms with Crippen LogP contribution in [-0.4, -0.2) is 30.9 Å². The van der Waals surface area contributed by atoms with E-state index in [0.717, 1.165) is 11.3 Å². The van der Waals surface area contributed by atoms with E-state index < -0.39 is 0 Å². The second-order valence-corrected chi connectivity index (χ2v) is 4.20. The SMILES string of the molecule is Cc1ccc(N)cc1NC(=O)C(C)N(C)C. The van der Waals surface area contributed by atoms with Gasteiger partial charge in [-0.15, -0.1) is 0 Å². The third-order valence-corrected chi connectivity index (χ3v) is 2.67. The highest BCUT2D eigenvalue weighted by molar-refractivity contribution is 5.95. The number of hydrogen-bond donors (Lipinski definition) is 2. The summed E-state index contributed by atoms with van der Waals surface area (Å²) in [4.78, 5) is 13.7. The lowest BCUT2D eigenvalue weighted by Gasteiger charge is -2.19. The van der Waals surface area contributed by atoms with Gasteiger partial charge in [-0.1, -0.05) is 6.07 Å². The highest BCUT2D eigenvalue weighted by Gasteiger charge is 2.15. The first kappa shape index (κ1) is 12.5. The Labute approximate surface area is 96.4 Å². The van der Waals surface area contributed by atoms with Crippen molar-refractivity contribution >= 4 is 17.3 Å². The van der Waals surface area contributed by atoms with Gasteiger partial charge in [-0.3, -0.25) is 9.69 Å². The summed E-state index contributed by atoms with van der Waals surface area (Å²) in [5.41, 5.74) is 8.11. The first-order valence-electron chi connectivity index (χ1n) is 5.25. The van der Waals surface area contributed by atoms with Crippen LogP contribution in [0.3, 0.4) is 0 Å². The van der Waals surface area contributed by atoms with Crippen LogP contribution < -0.4 is 11.1 Å². The van der Waals surface area contributed by atoms with E-state index in [1.54, 1.807) is 6.07 Å². The fourth-order valence-electron chi connectivity index (χ4n) is 1.25. The molecule has 88 valence electrons. The predicted molar refractivity (Wildman–Crippen MR) is 67.4 cm³/mol.